The lowest BCUT2D eigenvalue weighted by atomic mass is 10.0. The molecule has 1 saturated heterocycles. The van der Waals surface area contributed by atoms with Crippen LogP contribution in [-0.4, -0.2) is 23.2 Å². The van der Waals surface area contributed by atoms with Crippen LogP contribution in [0.2, 0.25) is 10.3 Å². The molecule has 0 saturated carbocycles. The molecular formula is C7H5Cl2FN2O. The molecule has 1 aromatic rings. The van der Waals surface area contributed by atoms with Gasteiger partial charge in [-0.15, -0.1) is 0 Å². The summed E-state index contributed by atoms with van der Waals surface area (Å²) >= 11 is 11.2. The van der Waals surface area contributed by atoms with Gasteiger partial charge < -0.3 is 4.74 Å². The molecule has 0 aliphatic carbocycles. The van der Waals surface area contributed by atoms with Gasteiger partial charge in [-0.25, -0.2) is 14.4 Å². The SMILES string of the molecule is FC1(c2nc(Cl)cc(Cl)n2)COC1. The third-order valence-electron chi connectivity index (χ3n) is 1.73. The lowest BCUT2D eigenvalue weighted by molar-refractivity contribution is -0.140. The number of aromatic nitrogens is 2. The van der Waals surface area contributed by atoms with E-state index in [1.165, 1.54) is 6.07 Å². The number of ether oxygens (including phenoxy) is 1. The predicted molar refractivity (Wildman–Crippen MR) is 45.7 cm³/mol. The van der Waals surface area contributed by atoms with E-state index in [1.807, 2.05) is 0 Å². The van der Waals surface area contributed by atoms with Crippen molar-refractivity contribution in [3.63, 3.8) is 0 Å². The maximum atomic E-state index is 13.6. The highest BCUT2D eigenvalue weighted by molar-refractivity contribution is 6.33. The minimum atomic E-state index is -1.62. The Balaban J connectivity index is 2.39. The van der Waals surface area contributed by atoms with Crippen LogP contribution in [0.5, 0.6) is 0 Å². The summed E-state index contributed by atoms with van der Waals surface area (Å²) < 4.78 is 18.4. The molecule has 0 spiro atoms. The minimum absolute atomic E-state index is 0.00347. The summed E-state index contributed by atoms with van der Waals surface area (Å²) in [6, 6.07) is 1.36. The molecule has 1 aliphatic heterocycles. The second kappa shape index (κ2) is 3.04. The van der Waals surface area contributed by atoms with Gasteiger partial charge in [0, 0.05) is 6.07 Å². The highest BCUT2D eigenvalue weighted by Gasteiger charge is 2.44. The zero-order valence-electron chi connectivity index (χ0n) is 6.43. The summed E-state index contributed by atoms with van der Waals surface area (Å²) in [6.07, 6.45) is 0. The van der Waals surface area contributed by atoms with E-state index in [4.69, 9.17) is 27.9 Å². The average Bonchev–Trinajstić information content (AvgIpc) is 1.98. The maximum absolute atomic E-state index is 13.6. The second-order valence-electron chi connectivity index (χ2n) is 2.80. The smallest absolute Gasteiger partial charge is 0.216 e. The van der Waals surface area contributed by atoms with Crippen LogP contribution >= 0.6 is 23.2 Å². The van der Waals surface area contributed by atoms with E-state index in [0.717, 1.165) is 0 Å². The first kappa shape index (κ1) is 9.12. The Bertz CT molecular complexity index is 323. The van der Waals surface area contributed by atoms with Gasteiger partial charge in [0.05, 0.1) is 13.2 Å². The van der Waals surface area contributed by atoms with Gasteiger partial charge in [0.1, 0.15) is 10.3 Å². The number of rotatable bonds is 1. The van der Waals surface area contributed by atoms with Crippen molar-refractivity contribution in [3.05, 3.63) is 22.2 Å². The zero-order chi connectivity index (χ0) is 9.47. The monoisotopic (exact) mass is 222 g/mol. The first-order valence-corrected chi connectivity index (χ1v) is 4.33. The highest BCUT2D eigenvalue weighted by Crippen LogP contribution is 2.32. The summed E-state index contributed by atoms with van der Waals surface area (Å²) in [5, 5.41) is 0.276. The molecule has 1 fully saturated rings. The first-order chi connectivity index (χ1) is 6.10. The number of alkyl halides is 1. The molecule has 0 N–H and O–H groups in total. The molecule has 2 heterocycles. The predicted octanol–water partition coefficient (Wildman–Crippen LogP) is 1.98. The summed E-state index contributed by atoms with van der Waals surface area (Å²) in [6.45, 7) is -0.0760. The topological polar surface area (TPSA) is 35.0 Å². The van der Waals surface area contributed by atoms with Crippen molar-refractivity contribution in [3.8, 4) is 0 Å². The highest BCUT2D eigenvalue weighted by atomic mass is 35.5. The van der Waals surface area contributed by atoms with Gasteiger partial charge in [-0.05, 0) is 0 Å². The van der Waals surface area contributed by atoms with Crippen LogP contribution in [0.1, 0.15) is 5.82 Å². The Hall–Kier alpha value is -0.450. The van der Waals surface area contributed by atoms with Crippen molar-refractivity contribution in [1.82, 2.24) is 9.97 Å². The molecule has 0 aromatic carbocycles. The van der Waals surface area contributed by atoms with E-state index >= 15 is 0 Å². The molecule has 2 rings (SSSR count). The van der Waals surface area contributed by atoms with Gasteiger partial charge in [0.2, 0.25) is 5.67 Å². The van der Waals surface area contributed by atoms with Crippen molar-refractivity contribution in [1.29, 1.82) is 0 Å². The molecule has 1 aromatic heterocycles. The van der Waals surface area contributed by atoms with Crippen LogP contribution in [0.3, 0.4) is 0 Å². The lowest BCUT2D eigenvalue weighted by Crippen LogP contribution is -2.44. The van der Waals surface area contributed by atoms with Crippen molar-refractivity contribution in [2.75, 3.05) is 13.2 Å². The van der Waals surface area contributed by atoms with E-state index in [1.54, 1.807) is 0 Å². The molecule has 0 amide bonds. The molecule has 0 bridgehead atoms. The molecule has 1 aliphatic rings. The number of halogens is 3. The fourth-order valence-corrected chi connectivity index (χ4v) is 1.42. The zero-order valence-corrected chi connectivity index (χ0v) is 7.94. The van der Waals surface area contributed by atoms with Gasteiger partial charge >= 0.3 is 0 Å². The normalized spacial score (nSPS) is 19.6. The standard InChI is InChI=1S/C7H5Cl2FN2O/c8-4-1-5(9)12-6(11-4)7(10)2-13-3-7/h1H,2-3H2. The largest absolute Gasteiger partial charge is 0.374 e. The summed E-state index contributed by atoms with van der Waals surface area (Å²) in [5.41, 5.74) is -1.62. The van der Waals surface area contributed by atoms with E-state index in [2.05, 4.69) is 9.97 Å². The Kier molecular flexibility index (Phi) is 2.14. The molecule has 6 heteroatoms. The van der Waals surface area contributed by atoms with Crippen LogP contribution in [0.25, 0.3) is 0 Å². The number of hydrogen-bond acceptors (Lipinski definition) is 3. The Morgan fingerprint density at radius 3 is 2.23 bits per heavy atom. The van der Waals surface area contributed by atoms with Crippen LogP contribution < -0.4 is 0 Å². The van der Waals surface area contributed by atoms with E-state index in [0.29, 0.717) is 0 Å². The van der Waals surface area contributed by atoms with Gasteiger partial charge in [-0.1, -0.05) is 23.2 Å². The van der Waals surface area contributed by atoms with Gasteiger partial charge in [0.25, 0.3) is 0 Å². The second-order valence-corrected chi connectivity index (χ2v) is 3.57. The van der Waals surface area contributed by atoms with Crippen LogP contribution in [0, 0.1) is 0 Å². The Morgan fingerprint density at radius 1 is 1.31 bits per heavy atom. The fraction of sp³-hybridized carbons (Fsp3) is 0.429. The summed E-state index contributed by atoms with van der Waals surface area (Å²) in [4.78, 5) is 7.49. The summed E-state index contributed by atoms with van der Waals surface area (Å²) in [5.74, 6) is -0.00347. The van der Waals surface area contributed by atoms with Crippen LogP contribution in [-0.2, 0) is 10.4 Å². The van der Waals surface area contributed by atoms with E-state index in [-0.39, 0.29) is 29.3 Å². The number of hydrogen-bond donors (Lipinski definition) is 0. The fourth-order valence-electron chi connectivity index (χ4n) is 1.00. The lowest BCUT2D eigenvalue weighted by Gasteiger charge is -2.31. The van der Waals surface area contributed by atoms with Gasteiger partial charge in [-0.3, -0.25) is 0 Å². The molecule has 13 heavy (non-hydrogen) atoms. The molecule has 0 radical (unpaired) electrons. The van der Waals surface area contributed by atoms with Crippen molar-refractivity contribution in [2.24, 2.45) is 0 Å². The number of nitrogens with zero attached hydrogens (tertiary/aromatic N) is 2. The third-order valence-corrected chi connectivity index (χ3v) is 2.11. The van der Waals surface area contributed by atoms with Crippen LogP contribution in [0.4, 0.5) is 4.39 Å². The van der Waals surface area contributed by atoms with E-state index < -0.39 is 5.67 Å². The quantitative estimate of drug-likeness (QED) is 0.682. The Labute approximate surface area is 83.8 Å². The van der Waals surface area contributed by atoms with E-state index in [9.17, 15) is 4.39 Å². The molecule has 70 valence electrons. The van der Waals surface area contributed by atoms with Gasteiger partial charge in [-0.2, -0.15) is 0 Å². The summed E-state index contributed by atoms with van der Waals surface area (Å²) in [7, 11) is 0. The maximum Gasteiger partial charge on any atom is 0.216 e. The molecule has 3 nitrogen and oxygen atoms in total. The average molecular weight is 223 g/mol. The van der Waals surface area contributed by atoms with Crippen LogP contribution in [0.15, 0.2) is 6.07 Å². The Morgan fingerprint density at radius 2 is 1.85 bits per heavy atom. The minimum Gasteiger partial charge on any atom is -0.374 e. The van der Waals surface area contributed by atoms with Gasteiger partial charge in [0.15, 0.2) is 5.82 Å². The molecule has 0 unspecified atom stereocenters. The van der Waals surface area contributed by atoms with Crippen molar-refractivity contribution < 1.29 is 9.13 Å². The third kappa shape index (κ3) is 1.61. The van der Waals surface area contributed by atoms with Crippen molar-refractivity contribution in [2.45, 2.75) is 5.67 Å². The molecule has 0 atom stereocenters. The first-order valence-electron chi connectivity index (χ1n) is 3.57. The molecular weight excluding hydrogens is 218 g/mol. The van der Waals surface area contributed by atoms with Crippen molar-refractivity contribution >= 4 is 23.2 Å².